The van der Waals surface area contributed by atoms with Gasteiger partial charge in [-0.05, 0) is 24.3 Å². The molecular weight excluding hydrogens is 384 g/mol. The zero-order valence-electron chi connectivity index (χ0n) is 16.6. The number of nitrogens with one attached hydrogen (secondary N) is 1. The lowest BCUT2D eigenvalue weighted by Gasteiger charge is -2.19. The topological polar surface area (TPSA) is 93.5 Å². The molecule has 4 rings (SSSR count). The summed E-state index contributed by atoms with van der Waals surface area (Å²) in [5, 5.41) is 3.37. The highest BCUT2D eigenvalue weighted by atomic mass is 16.5. The van der Waals surface area contributed by atoms with Gasteiger partial charge in [0.2, 0.25) is 11.8 Å². The quantitative estimate of drug-likeness (QED) is 0.671. The summed E-state index contributed by atoms with van der Waals surface area (Å²) in [6, 6.07) is 14.4. The fourth-order valence-electron chi connectivity index (χ4n) is 3.68. The highest BCUT2D eigenvalue weighted by Crippen LogP contribution is 2.32. The van der Waals surface area contributed by atoms with Gasteiger partial charge in [-0.15, -0.1) is 0 Å². The second kappa shape index (κ2) is 8.36. The lowest BCUT2D eigenvalue weighted by molar-refractivity contribution is -0.126. The Morgan fingerprint density at radius 3 is 2.77 bits per heavy atom. The molecule has 1 atom stereocenters. The molecule has 30 heavy (non-hydrogen) atoms. The van der Waals surface area contributed by atoms with Crippen LogP contribution in [-0.4, -0.2) is 41.6 Å². The third kappa shape index (κ3) is 3.76. The van der Waals surface area contributed by atoms with Crippen LogP contribution >= 0.6 is 0 Å². The van der Waals surface area contributed by atoms with E-state index in [4.69, 9.17) is 4.74 Å². The maximum absolute atomic E-state index is 12.6. The van der Waals surface area contributed by atoms with Crippen LogP contribution in [0.2, 0.25) is 0 Å². The van der Waals surface area contributed by atoms with Gasteiger partial charge in [-0.25, -0.2) is 4.98 Å². The molecule has 1 aromatic heterocycles. The number of aromatic nitrogens is 2. The Hall–Kier alpha value is -3.68. The Bertz CT molecular complexity index is 1160. The molecule has 0 aliphatic carbocycles. The third-order valence-electron chi connectivity index (χ3n) is 5.26. The molecule has 1 N–H and O–H groups in total. The maximum atomic E-state index is 12.6. The van der Waals surface area contributed by atoms with Gasteiger partial charge in [-0.2, -0.15) is 0 Å². The molecule has 0 radical (unpaired) electrons. The number of hydrogen-bond donors (Lipinski definition) is 1. The van der Waals surface area contributed by atoms with Gasteiger partial charge in [0.15, 0.2) is 0 Å². The number of carbonyl (C=O) groups is 2. The van der Waals surface area contributed by atoms with Crippen LogP contribution in [0.4, 0.5) is 5.69 Å². The smallest absolute Gasteiger partial charge is 0.261 e. The zero-order valence-corrected chi connectivity index (χ0v) is 16.6. The number of anilines is 1. The van der Waals surface area contributed by atoms with Crippen molar-refractivity contribution in [1.29, 1.82) is 0 Å². The van der Waals surface area contributed by atoms with Gasteiger partial charge < -0.3 is 15.0 Å². The first-order valence-corrected chi connectivity index (χ1v) is 9.74. The zero-order chi connectivity index (χ0) is 21.1. The number of para-hydroxylation sites is 3. The minimum Gasteiger partial charge on any atom is -0.495 e. The Balaban J connectivity index is 1.38. The van der Waals surface area contributed by atoms with Gasteiger partial charge in [0.1, 0.15) is 5.75 Å². The van der Waals surface area contributed by atoms with Crippen LogP contribution in [0, 0.1) is 5.92 Å². The minimum atomic E-state index is -0.450. The molecule has 1 fully saturated rings. The van der Waals surface area contributed by atoms with E-state index in [1.807, 2.05) is 18.2 Å². The van der Waals surface area contributed by atoms with Crippen molar-refractivity contribution in [2.24, 2.45) is 5.92 Å². The number of nitrogens with zero attached hydrogens (tertiary/aromatic N) is 3. The normalized spacial score (nSPS) is 16.1. The van der Waals surface area contributed by atoms with Crippen molar-refractivity contribution in [3.8, 4) is 5.75 Å². The second-order valence-corrected chi connectivity index (χ2v) is 7.13. The fourth-order valence-corrected chi connectivity index (χ4v) is 3.68. The van der Waals surface area contributed by atoms with Gasteiger partial charge in [-0.3, -0.25) is 19.0 Å². The first-order chi connectivity index (χ1) is 14.6. The summed E-state index contributed by atoms with van der Waals surface area (Å²) in [6.45, 7) is 0.875. The second-order valence-electron chi connectivity index (χ2n) is 7.13. The standard InChI is InChI=1S/C22H22N4O4/c1-30-19-9-5-4-8-18(19)26-13-15(12-20(26)27)21(28)23-10-11-25-14-24-17-7-3-2-6-16(17)22(25)29/h2-9,14-15H,10-13H2,1H3,(H,23,28). The number of amides is 2. The van der Waals surface area contributed by atoms with E-state index in [0.717, 1.165) is 0 Å². The molecule has 8 nitrogen and oxygen atoms in total. The van der Waals surface area contributed by atoms with Crippen LogP contribution in [0.1, 0.15) is 6.42 Å². The Morgan fingerprint density at radius 1 is 1.17 bits per heavy atom. The van der Waals surface area contributed by atoms with Gasteiger partial charge in [0.25, 0.3) is 5.56 Å². The maximum Gasteiger partial charge on any atom is 0.261 e. The van der Waals surface area contributed by atoms with Crippen molar-refractivity contribution < 1.29 is 14.3 Å². The third-order valence-corrected chi connectivity index (χ3v) is 5.26. The molecular formula is C22H22N4O4. The van der Waals surface area contributed by atoms with Gasteiger partial charge in [0.05, 0.1) is 35.9 Å². The van der Waals surface area contributed by atoms with Crippen molar-refractivity contribution in [2.45, 2.75) is 13.0 Å². The Morgan fingerprint density at radius 2 is 1.93 bits per heavy atom. The van der Waals surface area contributed by atoms with Crippen LogP contribution in [-0.2, 0) is 16.1 Å². The lowest BCUT2D eigenvalue weighted by atomic mass is 10.1. The summed E-state index contributed by atoms with van der Waals surface area (Å²) in [5.74, 6) is -0.180. The Kier molecular flexibility index (Phi) is 5.47. The lowest BCUT2D eigenvalue weighted by Crippen LogP contribution is -2.36. The number of ether oxygens (including phenoxy) is 1. The van der Waals surface area contributed by atoms with Gasteiger partial charge in [-0.1, -0.05) is 24.3 Å². The predicted octanol–water partition coefficient (Wildman–Crippen LogP) is 1.57. The molecule has 0 saturated carbocycles. The highest BCUT2D eigenvalue weighted by molar-refractivity contribution is 6.01. The molecule has 2 heterocycles. The molecule has 1 aliphatic heterocycles. The number of benzene rings is 2. The first-order valence-electron chi connectivity index (χ1n) is 9.74. The summed E-state index contributed by atoms with van der Waals surface area (Å²) in [5.41, 5.74) is 1.16. The molecule has 0 bridgehead atoms. The van der Waals surface area contributed by atoms with E-state index >= 15 is 0 Å². The van der Waals surface area contributed by atoms with Crippen molar-refractivity contribution in [2.75, 3.05) is 25.1 Å². The summed E-state index contributed by atoms with van der Waals surface area (Å²) < 4.78 is 6.80. The predicted molar refractivity (Wildman–Crippen MR) is 112 cm³/mol. The molecule has 1 aliphatic rings. The average molecular weight is 406 g/mol. The largest absolute Gasteiger partial charge is 0.495 e. The molecule has 2 aromatic carbocycles. The van der Waals surface area contributed by atoms with E-state index in [9.17, 15) is 14.4 Å². The average Bonchev–Trinajstić information content (AvgIpc) is 3.17. The molecule has 154 valence electrons. The van der Waals surface area contributed by atoms with E-state index in [-0.39, 0.29) is 30.3 Å². The number of methoxy groups -OCH3 is 1. The fraction of sp³-hybridized carbons (Fsp3) is 0.273. The van der Waals surface area contributed by atoms with E-state index in [1.54, 1.807) is 42.3 Å². The minimum absolute atomic E-state index is 0.116. The molecule has 8 heteroatoms. The van der Waals surface area contributed by atoms with Gasteiger partial charge in [0, 0.05) is 26.1 Å². The van der Waals surface area contributed by atoms with E-state index in [0.29, 0.717) is 35.4 Å². The molecule has 3 aromatic rings. The Labute approximate surface area is 173 Å². The summed E-state index contributed by atoms with van der Waals surface area (Å²) in [4.78, 5) is 43.4. The number of fused-ring (bicyclic) bond motifs is 1. The molecule has 1 unspecified atom stereocenters. The van der Waals surface area contributed by atoms with Crippen molar-refractivity contribution >= 4 is 28.4 Å². The molecule has 0 spiro atoms. The van der Waals surface area contributed by atoms with Crippen LogP contribution in [0.25, 0.3) is 10.9 Å². The van der Waals surface area contributed by atoms with E-state index in [2.05, 4.69) is 10.3 Å². The van der Waals surface area contributed by atoms with Crippen LogP contribution in [0.15, 0.2) is 59.7 Å². The van der Waals surface area contributed by atoms with Crippen LogP contribution in [0.5, 0.6) is 5.75 Å². The monoisotopic (exact) mass is 406 g/mol. The molecule has 2 amide bonds. The van der Waals surface area contributed by atoms with Crippen LogP contribution in [0.3, 0.4) is 0 Å². The molecule has 1 saturated heterocycles. The summed E-state index contributed by atoms with van der Waals surface area (Å²) in [6.07, 6.45) is 1.63. The highest BCUT2D eigenvalue weighted by Gasteiger charge is 2.36. The van der Waals surface area contributed by atoms with Crippen molar-refractivity contribution in [1.82, 2.24) is 14.9 Å². The van der Waals surface area contributed by atoms with Gasteiger partial charge >= 0.3 is 0 Å². The van der Waals surface area contributed by atoms with E-state index in [1.165, 1.54) is 10.9 Å². The summed E-state index contributed by atoms with van der Waals surface area (Å²) >= 11 is 0. The number of carbonyl (C=O) groups excluding carboxylic acids is 2. The first kappa shape index (κ1) is 19.6. The van der Waals surface area contributed by atoms with Crippen molar-refractivity contribution in [3.63, 3.8) is 0 Å². The SMILES string of the molecule is COc1ccccc1N1CC(C(=O)NCCn2cnc3ccccc3c2=O)CC1=O. The van der Waals surface area contributed by atoms with Crippen LogP contribution < -0.4 is 20.5 Å². The van der Waals surface area contributed by atoms with Crippen molar-refractivity contribution in [3.05, 3.63) is 65.2 Å². The summed E-state index contributed by atoms with van der Waals surface area (Å²) in [7, 11) is 1.55. The van der Waals surface area contributed by atoms with E-state index < -0.39 is 5.92 Å². The number of rotatable bonds is 6. The number of hydrogen-bond acceptors (Lipinski definition) is 5.